The summed E-state index contributed by atoms with van der Waals surface area (Å²) in [5.74, 6) is 1.10. The molecule has 43 heavy (non-hydrogen) atoms. The smallest absolute Gasteiger partial charge is 0.228 e. The summed E-state index contributed by atoms with van der Waals surface area (Å²) in [7, 11) is 1.86. The van der Waals surface area contributed by atoms with Crippen molar-refractivity contribution in [1.82, 2.24) is 29.7 Å². The lowest BCUT2D eigenvalue weighted by molar-refractivity contribution is -0.119. The van der Waals surface area contributed by atoms with E-state index in [4.69, 9.17) is 4.98 Å². The Bertz CT molecular complexity index is 1680. The van der Waals surface area contributed by atoms with Crippen molar-refractivity contribution in [3.05, 3.63) is 84.2 Å². The third kappa shape index (κ3) is 6.48. The van der Waals surface area contributed by atoms with Gasteiger partial charge in [0.05, 0.1) is 48.3 Å². The second-order valence-electron chi connectivity index (χ2n) is 10.8. The molecule has 4 aromatic rings. The van der Waals surface area contributed by atoms with Crippen LogP contribution >= 0.6 is 0 Å². The molecule has 4 heterocycles. The molecule has 11 heteroatoms. The average Bonchev–Trinajstić information content (AvgIpc) is 3.74. The fourth-order valence-corrected chi connectivity index (χ4v) is 5.62. The van der Waals surface area contributed by atoms with Crippen LogP contribution in [0.2, 0.25) is 0 Å². The lowest BCUT2D eigenvalue weighted by atomic mass is 9.89. The van der Waals surface area contributed by atoms with Crippen molar-refractivity contribution >= 4 is 29.5 Å². The maximum absolute atomic E-state index is 13.7. The molecule has 1 N–H and O–H groups in total. The number of aromatic nitrogens is 6. The van der Waals surface area contributed by atoms with E-state index in [0.29, 0.717) is 48.1 Å². The number of carbonyl (C=O) groups excluding carboxylic acids is 1. The number of amides is 1. The first-order valence-corrected chi connectivity index (χ1v) is 14.5. The maximum atomic E-state index is 13.7. The maximum Gasteiger partial charge on any atom is 0.228 e. The quantitative estimate of drug-likeness (QED) is 0.312. The minimum Gasteiger partial charge on any atom is -0.351 e. The standard InChI is InChI=1S/C32H32N10O/c1-41-21-25(18-38-41)28-19-36-29(20-35-28)42(30(43)12-7-22-5-3-2-4-6-22)27-10-8-26(9-11-27)39-32-37-17-24(15-33)31(40-32)23-13-14-34-16-23/h2-6,13-14,17-21,26-27H,7-12,16H2,1H3,(H,37,39,40). The van der Waals surface area contributed by atoms with Gasteiger partial charge in [-0.2, -0.15) is 10.4 Å². The molecule has 1 aliphatic heterocycles. The summed E-state index contributed by atoms with van der Waals surface area (Å²) in [5.41, 5.74) is 4.68. The zero-order chi connectivity index (χ0) is 29.6. The van der Waals surface area contributed by atoms with Crippen molar-refractivity contribution in [2.75, 3.05) is 16.8 Å². The van der Waals surface area contributed by atoms with E-state index in [0.717, 1.165) is 42.4 Å². The van der Waals surface area contributed by atoms with Crippen LogP contribution in [0.15, 0.2) is 72.4 Å². The van der Waals surface area contributed by atoms with Crippen LogP contribution in [-0.4, -0.2) is 60.5 Å². The molecule has 0 bridgehead atoms. The summed E-state index contributed by atoms with van der Waals surface area (Å²) < 4.78 is 1.72. The van der Waals surface area contributed by atoms with Crippen molar-refractivity contribution in [2.45, 2.75) is 50.6 Å². The fraction of sp³-hybridized carbons (Fsp3) is 0.312. The normalized spacial score (nSPS) is 17.7. The first-order valence-electron chi connectivity index (χ1n) is 14.5. The SMILES string of the molecule is Cn1cc(-c2cnc(N(C(=O)CCc3ccccc3)C3CCC(Nc4ncc(C#N)c(C5=CC=NC5)n4)CC3)cn2)cn1. The highest BCUT2D eigenvalue weighted by atomic mass is 16.2. The Hall–Kier alpha value is -5.24. The predicted octanol–water partition coefficient (Wildman–Crippen LogP) is 4.40. The zero-order valence-electron chi connectivity index (χ0n) is 24.0. The van der Waals surface area contributed by atoms with E-state index >= 15 is 0 Å². The number of allylic oxidation sites excluding steroid dienone is 1. The number of aryl methyl sites for hydroxylation is 2. The van der Waals surface area contributed by atoms with E-state index in [9.17, 15) is 10.1 Å². The van der Waals surface area contributed by atoms with E-state index in [2.05, 4.69) is 36.4 Å². The van der Waals surface area contributed by atoms with Gasteiger partial charge in [-0.3, -0.25) is 24.4 Å². The molecule has 6 rings (SSSR count). The van der Waals surface area contributed by atoms with E-state index in [-0.39, 0.29) is 18.0 Å². The highest BCUT2D eigenvalue weighted by Gasteiger charge is 2.31. The topological polar surface area (TPSA) is 138 Å². The summed E-state index contributed by atoms with van der Waals surface area (Å²) in [6.45, 7) is 0.510. The third-order valence-electron chi connectivity index (χ3n) is 7.88. The van der Waals surface area contributed by atoms with Crippen LogP contribution in [0.4, 0.5) is 11.8 Å². The van der Waals surface area contributed by atoms with Gasteiger partial charge in [0.1, 0.15) is 6.07 Å². The number of rotatable bonds is 9. The van der Waals surface area contributed by atoms with Gasteiger partial charge in [0.2, 0.25) is 11.9 Å². The average molecular weight is 573 g/mol. The van der Waals surface area contributed by atoms with Crippen molar-refractivity contribution in [3.63, 3.8) is 0 Å². The molecule has 0 saturated heterocycles. The highest BCUT2D eigenvalue weighted by Crippen LogP contribution is 2.30. The number of carbonyl (C=O) groups is 1. The molecule has 2 aliphatic rings. The molecular formula is C32H32N10O. The lowest BCUT2D eigenvalue weighted by Gasteiger charge is -2.36. The molecule has 216 valence electrons. The van der Waals surface area contributed by atoms with Crippen molar-refractivity contribution in [2.24, 2.45) is 12.0 Å². The van der Waals surface area contributed by atoms with E-state index in [1.165, 1.54) is 0 Å². The predicted molar refractivity (Wildman–Crippen MR) is 164 cm³/mol. The van der Waals surface area contributed by atoms with E-state index < -0.39 is 0 Å². The van der Waals surface area contributed by atoms with Crippen molar-refractivity contribution < 1.29 is 4.79 Å². The molecule has 11 nitrogen and oxygen atoms in total. The Morgan fingerprint density at radius 1 is 1.07 bits per heavy atom. The molecule has 0 unspecified atom stereocenters. The first kappa shape index (κ1) is 27.9. The number of aliphatic imine (C=N–C) groups is 1. The fourth-order valence-electron chi connectivity index (χ4n) is 5.62. The minimum atomic E-state index is -0.00176. The van der Waals surface area contributed by atoms with Crippen LogP contribution in [0.5, 0.6) is 0 Å². The second-order valence-corrected chi connectivity index (χ2v) is 10.8. The summed E-state index contributed by atoms with van der Waals surface area (Å²) in [5, 5.41) is 17.2. The molecule has 1 saturated carbocycles. The molecule has 1 aromatic carbocycles. The van der Waals surface area contributed by atoms with E-state index in [1.807, 2.05) is 54.6 Å². The van der Waals surface area contributed by atoms with Crippen LogP contribution in [0, 0.1) is 11.3 Å². The van der Waals surface area contributed by atoms with Gasteiger partial charge in [-0.25, -0.2) is 15.0 Å². The second kappa shape index (κ2) is 12.7. The van der Waals surface area contributed by atoms with Gasteiger partial charge in [0.25, 0.3) is 0 Å². The Labute approximate surface area is 250 Å². The molecule has 1 fully saturated rings. The Morgan fingerprint density at radius 2 is 1.91 bits per heavy atom. The number of hydrogen-bond donors (Lipinski definition) is 1. The zero-order valence-corrected chi connectivity index (χ0v) is 24.0. The Balaban J connectivity index is 1.16. The summed E-state index contributed by atoms with van der Waals surface area (Å²) in [4.78, 5) is 38.2. The third-order valence-corrected chi connectivity index (χ3v) is 7.88. The molecule has 1 amide bonds. The minimum absolute atomic E-state index is 0.00176. The van der Waals surface area contributed by atoms with Crippen LogP contribution in [0.25, 0.3) is 16.8 Å². The molecule has 0 atom stereocenters. The van der Waals surface area contributed by atoms with Crippen LogP contribution < -0.4 is 10.2 Å². The Morgan fingerprint density at radius 3 is 2.58 bits per heavy atom. The van der Waals surface area contributed by atoms with Crippen LogP contribution in [0.1, 0.15) is 48.9 Å². The van der Waals surface area contributed by atoms with Gasteiger partial charge in [0.15, 0.2) is 5.82 Å². The molecule has 0 radical (unpaired) electrons. The van der Waals surface area contributed by atoms with Gasteiger partial charge in [-0.05, 0) is 43.7 Å². The van der Waals surface area contributed by atoms with Gasteiger partial charge >= 0.3 is 0 Å². The number of hydrogen-bond acceptors (Lipinski definition) is 9. The van der Waals surface area contributed by atoms with Gasteiger partial charge in [0, 0.05) is 49.1 Å². The number of anilines is 2. The number of nitrogens with one attached hydrogen (secondary N) is 1. The van der Waals surface area contributed by atoms with Gasteiger partial charge < -0.3 is 5.32 Å². The summed E-state index contributed by atoms with van der Waals surface area (Å²) in [6, 6.07) is 12.4. The van der Waals surface area contributed by atoms with Gasteiger partial charge in [-0.1, -0.05) is 30.3 Å². The van der Waals surface area contributed by atoms with Crippen molar-refractivity contribution in [1.29, 1.82) is 5.26 Å². The number of nitrogens with zero attached hydrogens (tertiary/aromatic N) is 9. The molecular weight excluding hydrogens is 540 g/mol. The summed E-state index contributed by atoms with van der Waals surface area (Å²) in [6.07, 6.45) is 16.5. The molecule has 1 aliphatic carbocycles. The van der Waals surface area contributed by atoms with Crippen LogP contribution in [-0.2, 0) is 18.3 Å². The monoisotopic (exact) mass is 572 g/mol. The molecule has 0 spiro atoms. The van der Waals surface area contributed by atoms with Crippen LogP contribution in [0.3, 0.4) is 0 Å². The highest BCUT2D eigenvalue weighted by molar-refractivity contribution is 5.93. The largest absolute Gasteiger partial charge is 0.351 e. The summed E-state index contributed by atoms with van der Waals surface area (Å²) >= 11 is 0. The molecule has 3 aromatic heterocycles. The number of nitriles is 1. The van der Waals surface area contributed by atoms with Gasteiger partial charge in [-0.15, -0.1) is 0 Å². The lowest BCUT2D eigenvalue weighted by Crippen LogP contribution is -2.45. The van der Waals surface area contributed by atoms with E-state index in [1.54, 1.807) is 35.7 Å². The first-order chi connectivity index (χ1) is 21.1. The number of benzene rings is 1. The Kier molecular flexibility index (Phi) is 8.26. The van der Waals surface area contributed by atoms with Crippen molar-refractivity contribution in [3.8, 4) is 17.3 Å².